The lowest BCUT2D eigenvalue weighted by molar-refractivity contribution is -0.126. The van der Waals surface area contributed by atoms with Gasteiger partial charge in [0.15, 0.2) is 5.78 Å². The van der Waals surface area contributed by atoms with Crippen LogP contribution in [0, 0.1) is 0 Å². The number of carbonyl (C=O) groups is 1. The van der Waals surface area contributed by atoms with E-state index in [-0.39, 0.29) is 5.78 Å². The van der Waals surface area contributed by atoms with Crippen molar-refractivity contribution in [1.82, 2.24) is 0 Å². The molecule has 2 heteroatoms. The number of Topliss-reactive ketones (excluding diaryl/α,β-unsaturated/α-hetero) is 1. The number of hydrogen-bond acceptors (Lipinski definition) is 2. The number of aliphatic hydroxyl groups excluding tert-OH is 1. The molecule has 0 fully saturated rings. The molecule has 0 aliphatic rings. The summed E-state index contributed by atoms with van der Waals surface area (Å²) in [6.45, 7) is 3.91. The van der Waals surface area contributed by atoms with Gasteiger partial charge in [-0.1, -0.05) is 38.1 Å². The van der Waals surface area contributed by atoms with Crippen molar-refractivity contribution in [1.29, 1.82) is 0 Å². The number of benzene rings is 1. The highest BCUT2D eigenvalue weighted by molar-refractivity contribution is 5.84. The van der Waals surface area contributed by atoms with Crippen LogP contribution in [0.25, 0.3) is 0 Å². The van der Waals surface area contributed by atoms with E-state index in [1.165, 1.54) is 5.56 Å². The Morgan fingerprint density at radius 1 is 1.20 bits per heavy atom. The molecule has 0 aliphatic heterocycles. The monoisotopic (exact) mass is 206 g/mol. The maximum absolute atomic E-state index is 11.4. The van der Waals surface area contributed by atoms with Crippen molar-refractivity contribution in [3.05, 3.63) is 35.4 Å². The average Bonchev–Trinajstić information content (AvgIpc) is 2.29. The van der Waals surface area contributed by atoms with E-state index in [2.05, 4.69) is 6.92 Å². The molecule has 0 saturated carbocycles. The highest BCUT2D eigenvalue weighted by Gasteiger charge is 2.12. The first-order valence-electron chi connectivity index (χ1n) is 5.46. The fourth-order valence-electron chi connectivity index (χ4n) is 1.44. The van der Waals surface area contributed by atoms with E-state index in [1.807, 2.05) is 31.2 Å². The molecule has 0 aliphatic carbocycles. The summed E-state index contributed by atoms with van der Waals surface area (Å²) >= 11 is 0. The quantitative estimate of drug-likeness (QED) is 0.801. The molecule has 1 aromatic rings. The maximum Gasteiger partial charge on any atom is 0.165 e. The van der Waals surface area contributed by atoms with E-state index in [1.54, 1.807) is 0 Å². The van der Waals surface area contributed by atoms with Gasteiger partial charge in [-0.3, -0.25) is 4.79 Å². The van der Waals surface area contributed by atoms with Crippen molar-refractivity contribution in [2.75, 3.05) is 0 Å². The molecule has 0 aromatic heterocycles. The van der Waals surface area contributed by atoms with E-state index >= 15 is 0 Å². The molecule has 82 valence electrons. The van der Waals surface area contributed by atoms with E-state index < -0.39 is 6.10 Å². The smallest absolute Gasteiger partial charge is 0.165 e. The second-order valence-corrected chi connectivity index (χ2v) is 3.74. The third kappa shape index (κ3) is 3.48. The molecule has 2 nitrogen and oxygen atoms in total. The molecule has 1 N–H and O–H groups in total. The van der Waals surface area contributed by atoms with E-state index in [9.17, 15) is 9.90 Å². The molecule has 0 saturated heterocycles. The van der Waals surface area contributed by atoms with Crippen LogP contribution in [0.5, 0.6) is 0 Å². The number of rotatable bonds is 5. The van der Waals surface area contributed by atoms with Gasteiger partial charge in [0.2, 0.25) is 0 Å². The Morgan fingerprint density at radius 3 is 2.20 bits per heavy atom. The molecule has 0 spiro atoms. The average molecular weight is 206 g/mol. The molecule has 0 heterocycles. The summed E-state index contributed by atoms with van der Waals surface area (Å²) in [4.78, 5) is 11.4. The summed E-state index contributed by atoms with van der Waals surface area (Å²) in [6, 6.07) is 7.97. The van der Waals surface area contributed by atoms with Gasteiger partial charge in [0.1, 0.15) is 6.10 Å². The van der Waals surface area contributed by atoms with Crippen LogP contribution in [0.15, 0.2) is 24.3 Å². The first kappa shape index (κ1) is 11.9. The van der Waals surface area contributed by atoms with Crippen molar-refractivity contribution in [3.63, 3.8) is 0 Å². The zero-order valence-corrected chi connectivity index (χ0v) is 9.36. The second-order valence-electron chi connectivity index (χ2n) is 3.74. The lowest BCUT2D eigenvalue weighted by atomic mass is 10.0. The topological polar surface area (TPSA) is 37.3 Å². The molecule has 15 heavy (non-hydrogen) atoms. The van der Waals surface area contributed by atoms with Gasteiger partial charge >= 0.3 is 0 Å². The van der Waals surface area contributed by atoms with Crippen molar-refractivity contribution < 1.29 is 9.90 Å². The SMILES string of the molecule is CCc1ccc(CC(=O)C(O)CC)cc1. The summed E-state index contributed by atoms with van der Waals surface area (Å²) in [7, 11) is 0. The minimum absolute atomic E-state index is 0.0956. The van der Waals surface area contributed by atoms with E-state index in [4.69, 9.17) is 0 Å². The summed E-state index contributed by atoms with van der Waals surface area (Å²) < 4.78 is 0. The van der Waals surface area contributed by atoms with Gasteiger partial charge in [0.25, 0.3) is 0 Å². The van der Waals surface area contributed by atoms with Crippen molar-refractivity contribution >= 4 is 5.78 Å². The Balaban J connectivity index is 2.61. The predicted octanol–water partition coefficient (Wildman–Crippen LogP) is 2.13. The van der Waals surface area contributed by atoms with Crippen LogP contribution in [0.4, 0.5) is 0 Å². The number of carbonyl (C=O) groups excluding carboxylic acids is 1. The molecule has 1 aromatic carbocycles. The normalized spacial score (nSPS) is 12.5. The van der Waals surface area contributed by atoms with Crippen LogP contribution in [0.3, 0.4) is 0 Å². The molecular formula is C13H18O2. The standard InChI is InChI=1S/C13H18O2/c1-3-10-5-7-11(8-6-10)9-13(15)12(14)4-2/h5-8,12,14H,3-4,9H2,1-2H3. The number of ketones is 1. The van der Waals surface area contributed by atoms with Gasteiger partial charge in [-0.15, -0.1) is 0 Å². The maximum atomic E-state index is 11.4. The molecule has 0 radical (unpaired) electrons. The first-order chi connectivity index (χ1) is 7.17. The number of hydrogen-bond donors (Lipinski definition) is 1. The van der Waals surface area contributed by atoms with Gasteiger partial charge in [-0.05, 0) is 24.0 Å². The van der Waals surface area contributed by atoms with Crippen LogP contribution in [0.2, 0.25) is 0 Å². The highest BCUT2D eigenvalue weighted by Crippen LogP contribution is 2.07. The lowest BCUT2D eigenvalue weighted by Crippen LogP contribution is -2.21. The largest absolute Gasteiger partial charge is 0.385 e. The molecule has 1 rings (SSSR count). The van der Waals surface area contributed by atoms with Crippen molar-refractivity contribution in [2.24, 2.45) is 0 Å². The minimum atomic E-state index is -0.809. The van der Waals surface area contributed by atoms with Gasteiger partial charge < -0.3 is 5.11 Å². The second kappa shape index (κ2) is 5.66. The molecular weight excluding hydrogens is 188 g/mol. The van der Waals surface area contributed by atoms with Crippen LogP contribution < -0.4 is 0 Å². The number of aryl methyl sites for hydroxylation is 1. The number of aliphatic hydroxyl groups is 1. The zero-order chi connectivity index (χ0) is 11.3. The van der Waals surface area contributed by atoms with Gasteiger partial charge in [0.05, 0.1) is 0 Å². The van der Waals surface area contributed by atoms with Crippen LogP contribution in [-0.2, 0) is 17.6 Å². The highest BCUT2D eigenvalue weighted by atomic mass is 16.3. The van der Waals surface area contributed by atoms with E-state index in [0.29, 0.717) is 12.8 Å². The van der Waals surface area contributed by atoms with Crippen molar-refractivity contribution in [2.45, 2.75) is 39.2 Å². The Hall–Kier alpha value is -1.15. The summed E-state index contributed by atoms with van der Waals surface area (Å²) in [5.41, 5.74) is 2.24. The summed E-state index contributed by atoms with van der Waals surface area (Å²) in [6.07, 6.45) is 1.02. The fourth-order valence-corrected chi connectivity index (χ4v) is 1.44. The van der Waals surface area contributed by atoms with Crippen LogP contribution in [0.1, 0.15) is 31.4 Å². The summed E-state index contributed by atoms with van der Waals surface area (Å²) in [5, 5.41) is 9.34. The first-order valence-corrected chi connectivity index (χ1v) is 5.46. The van der Waals surface area contributed by atoms with E-state index in [0.717, 1.165) is 12.0 Å². The van der Waals surface area contributed by atoms with Crippen LogP contribution >= 0.6 is 0 Å². The Bertz CT molecular complexity index is 314. The molecule has 0 amide bonds. The molecule has 1 atom stereocenters. The van der Waals surface area contributed by atoms with Gasteiger partial charge in [-0.2, -0.15) is 0 Å². The molecule has 1 unspecified atom stereocenters. The van der Waals surface area contributed by atoms with Crippen molar-refractivity contribution in [3.8, 4) is 0 Å². The Labute approximate surface area is 90.9 Å². The fraction of sp³-hybridized carbons (Fsp3) is 0.462. The zero-order valence-electron chi connectivity index (χ0n) is 9.36. The minimum Gasteiger partial charge on any atom is -0.385 e. The predicted molar refractivity (Wildman–Crippen MR) is 60.8 cm³/mol. The van der Waals surface area contributed by atoms with Gasteiger partial charge in [-0.25, -0.2) is 0 Å². The third-order valence-electron chi connectivity index (χ3n) is 2.57. The third-order valence-corrected chi connectivity index (χ3v) is 2.57. The van der Waals surface area contributed by atoms with Crippen LogP contribution in [-0.4, -0.2) is 17.0 Å². The Kier molecular flexibility index (Phi) is 4.50. The lowest BCUT2D eigenvalue weighted by Gasteiger charge is -2.06. The summed E-state index contributed by atoms with van der Waals surface area (Å²) in [5.74, 6) is -0.0956. The Morgan fingerprint density at radius 2 is 1.73 bits per heavy atom. The molecule has 0 bridgehead atoms. The van der Waals surface area contributed by atoms with Gasteiger partial charge in [0, 0.05) is 6.42 Å².